The van der Waals surface area contributed by atoms with E-state index in [1.54, 1.807) is 17.1 Å². The van der Waals surface area contributed by atoms with Gasteiger partial charge in [0.1, 0.15) is 0 Å². The highest BCUT2D eigenvalue weighted by molar-refractivity contribution is 5.93. The molecule has 2 aromatic rings. The number of aromatic nitrogens is 2. The zero-order valence-electron chi connectivity index (χ0n) is 12.0. The van der Waals surface area contributed by atoms with Crippen molar-refractivity contribution >= 4 is 5.91 Å². The fourth-order valence-electron chi connectivity index (χ4n) is 2.15. The number of carbonyl (C=O) groups is 1. The second-order valence-corrected chi connectivity index (χ2v) is 5.08. The molecule has 106 valence electrons. The van der Waals surface area contributed by atoms with Crippen LogP contribution in [-0.2, 0) is 6.54 Å². The van der Waals surface area contributed by atoms with Crippen LogP contribution in [0.3, 0.4) is 0 Å². The van der Waals surface area contributed by atoms with Gasteiger partial charge in [0.2, 0.25) is 0 Å². The molecule has 0 aliphatic rings. The van der Waals surface area contributed by atoms with Crippen LogP contribution in [0.15, 0.2) is 42.7 Å². The number of nitrogens with zero attached hydrogens (tertiary/aromatic N) is 2. The summed E-state index contributed by atoms with van der Waals surface area (Å²) in [7, 11) is 0. The minimum Gasteiger partial charge on any atom is -0.349 e. The molecule has 4 heteroatoms. The van der Waals surface area contributed by atoms with E-state index in [1.165, 1.54) is 5.56 Å². The van der Waals surface area contributed by atoms with Crippen molar-refractivity contribution in [3.8, 4) is 0 Å². The van der Waals surface area contributed by atoms with Crippen LogP contribution in [0.5, 0.6) is 0 Å². The summed E-state index contributed by atoms with van der Waals surface area (Å²) in [4.78, 5) is 12.0. The third-order valence-corrected chi connectivity index (χ3v) is 3.18. The van der Waals surface area contributed by atoms with Gasteiger partial charge in [0, 0.05) is 12.2 Å². The van der Waals surface area contributed by atoms with Gasteiger partial charge in [-0.3, -0.25) is 9.48 Å². The molecule has 1 aromatic carbocycles. The molecule has 1 heterocycles. The highest BCUT2D eigenvalue weighted by Gasteiger charge is 2.11. The summed E-state index contributed by atoms with van der Waals surface area (Å²) in [6.07, 6.45) is 5.47. The Morgan fingerprint density at radius 3 is 2.80 bits per heavy atom. The lowest BCUT2D eigenvalue weighted by Gasteiger charge is -2.11. The van der Waals surface area contributed by atoms with Crippen LogP contribution in [0, 0.1) is 0 Å². The van der Waals surface area contributed by atoms with E-state index in [4.69, 9.17) is 0 Å². The summed E-state index contributed by atoms with van der Waals surface area (Å²) in [6, 6.07) is 10.3. The monoisotopic (exact) mass is 271 g/mol. The zero-order chi connectivity index (χ0) is 14.4. The standard InChI is InChI=1S/C16H21N3O/c1-3-7-13(2)18-16(20)15-10-17-19(12-15)11-14-8-5-4-6-9-14/h4-6,8-10,12-13H,3,7,11H2,1-2H3,(H,18,20)/t13-/m0/s1. The first kappa shape index (κ1) is 14.3. The fraction of sp³-hybridized carbons (Fsp3) is 0.375. The normalized spacial score (nSPS) is 12.1. The lowest BCUT2D eigenvalue weighted by Crippen LogP contribution is -2.32. The molecule has 0 saturated carbocycles. The van der Waals surface area contributed by atoms with E-state index in [-0.39, 0.29) is 11.9 Å². The van der Waals surface area contributed by atoms with Gasteiger partial charge in [-0.15, -0.1) is 0 Å². The minimum absolute atomic E-state index is 0.0507. The van der Waals surface area contributed by atoms with E-state index in [9.17, 15) is 4.79 Å². The number of carbonyl (C=O) groups excluding carboxylic acids is 1. The molecule has 1 aromatic heterocycles. The average Bonchev–Trinajstić information content (AvgIpc) is 2.89. The third-order valence-electron chi connectivity index (χ3n) is 3.18. The average molecular weight is 271 g/mol. The predicted molar refractivity (Wildman–Crippen MR) is 79.6 cm³/mol. The Bertz CT molecular complexity index is 548. The number of benzene rings is 1. The molecule has 1 atom stereocenters. The second kappa shape index (κ2) is 6.89. The molecular weight excluding hydrogens is 250 g/mol. The van der Waals surface area contributed by atoms with Crippen molar-refractivity contribution in [1.29, 1.82) is 0 Å². The number of amides is 1. The van der Waals surface area contributed by atoms with Gasteiger partial charge in [0.25, 0.3) is 5.91 Å². The molecule has 4 nitrogen and oxygen atoms in total. The number of hydrogen-bond acceptors (Lipinski definition) is 2. The minimum atomic E-state index is -0.0507. The lowest BCUT2D eigenvalue weighted by molar-refractivity contribution is 0.0938. The molecule has 0 fully saturated rings. The van der Waals surface area contributed by atoms with Crippen LogP contribution < -0.4 is 5.32 Å². The smallest absolute Gasteiger partial charge is 0.254 e. The first-order valence-electron chi connectivity index (χ1n) is 7.06. The highest BCUT2D eigenvalue weighted by Crippen LogP contribution is 2.05. The Morgan fingerprint density at radius 1 is 1.35 bits per heavy atom. The van der Waals surface area contributed by atoms with Crippen LogP contribution in [0.4, 0.5) is 0 Å². The van der Waals surface area contributed by atoms with Crippen LogP contribution in [-0.4, -0.2) is 21.7 Å². The molecule has 0 radical (unpaired) electrons. The van der Waals surface area contributed by atoms with E-state index in [0.717, 1.165) is 12.8 Å². The van der Waals surface area contributed by atoms with Gasteiger partial charge in [-0.05, 0) is 18.9 Å². The summed E-state index contributed by atoms with van der Waals surface area (Å²) in [5.41, 5.74) is 1.78. The molecule has 1 amide bonds. The Kier molecular flexibility index (Phi) is 4.93. The van der Waals surface area contributed by atoms with Gasteiger partial charge in [-0.25, -0.2) is 0 Å². The molecular formula is C16H21N3O. The number of nitrogens with one attached hydrogen (secondary N) is 1. The molecule has 0 saturated heterocycles. The zero-order valence-corrected chi connectivity index (χ0v) is 12.0. The van der Waals surface area contributed by atoms with Gasteiger partial charge in [0.05, 0.1) is 18.3 Å². The van der Waals surface area contributed by atoms with Gasteiger partial charge in [0.15, 0.2) is 0 Å². The van der Waals surface area contributed by atoms with E-state index in [0.29, 0.717) is 12.1 Å². The van der Waals surface area contributed by atoms with Crippen molar-refractivity contribution in [3.63, 3.8) is 0 Å². The topological polar surface area (TPSA) is 46.9 Å². The second-order valence-electron chi connectivity index (χ2n) is 5.08. The van der Waals surface area contributed by atoms with E-state index in [1.807, 2.05) is 37.3 Å². The molecule has 0 aliphatic carbocycles. The Balaban J connectivity index is 1.96. The van der Waals surface area contributed by atoms with Crippen molar-refractivity contribution in [2.24, 2.45) is 0 Å². The summed E-state index contributed by atoms with van der Waals surface area (Å²) in [6.45, 7) is 4.81. The van der Waals surface area contributed by atoms with Crippen molar-refractivity contribution < 1.29 is 4.79 Å². The highest BCUT2D eigenvalue weighted by atomic mass is 16.1. The molecule has 2 rings (SSSR count). The predicted octanol–water partition coefficient (Wildman–Crippen LogP) is 2.85. The Labute approximate surface area is 119 Å². The molecule has 0 aliphatic heterocycles. The van der Waals surface area contributed by atoms with E-state index < -0.39 is 0 Å². The SMILES string of the molecule is CCC[C@H](C)NC(=O)c1cnn(Cc2ccccc2)c1. The molecule has 20 heavy (non-hydrogen) atoms. The van der Waals surface area contributed by atoms with Crippen molar-refractivity contribution in [3.05, 3.63) is 53.9 Å². The summed E-state index contributed by atoms with van der Waals surface area (Å²) in [5.74, 6) is -0.0507. The quantitative estimate of drug-likeness (QED) is 0.878. The fourth-order valence-corrected chi connectivity index (χ4v) is 2.15. The lowest BCUT2D eigenvalue weighted by atomic mass is 10.2. The van der Waals surface area contributed by atoms with Crippen molar-refractivity contribution in [2.75, 3.05) is 0 Å². The van der Waals surface area contributed by atoms with Gasteiger partial charge < -0.3 is 5.32 Å². The first-order chi connectivity index (χ1) is 9.69. The summed E-state index contributed by atoms with van der Waals surface area (Å²) in [5, 5.41) is 7.22. The number of rotatable bonds is 6. The third kappa shape index (κ3) is 3.95. The molecule has 1 N–H and O–H groups in total. The maximum absolute atomic E-state index is 12.0. The first-order valence-corrected chi connectivity index (χ1v) is 7.06. The van der Waals surface area contributed by atoms with Gasteiger partial charge in [-0.2, -0.15) is 5.10 Å². The molecule has 0 unspecified atom stereocenters. The van der Waals surface area contributed by atoms with Crippen LogP contribution in [0.1, 0.15) is 42.6 Å². The Morgan fingerprint density at radius 2 is 2.10 bits per heavy atom. The summed E-state index contributed by atoms with van der Waals surface area (Å²) < 4.78 is 1.79. The Hall–Kier alpha value is -2.10. The van der Waals surface area contributed by atoms with E-state index >= 15 is 0 Å². The van der Waals surface area contributed by atoms with E-state index in [2.05, 4.69) is 17.3 Å². The van der Waals surface area contributed by atoms with Crippen LogP contribution in [0.2, 0.25) is 0 Å². The molecule has 0 bridgehead atoms. The largest absolute Gasteiger partial charge is 0.349 e. The summed E-state index contributed by atoms with van der Waals surface area (Å²) >= 11 is 0. The maximum atomic E-state index is 12.0. The van der Waals surface area contributed by atoms with Crippen LogP contribution >= 0.6 is 0 Å². The number of hydrogen-bond donors (Lipinski definition) is 1. The van der Waals surface area contributed by atoms with Gasteiger partial charge >= 0.3 is 0 Å². The van der Waals surface area contributed by atoms with Crippen LogP contribution in [0.25, 0.3) is 0 Å². The van der Waals surface area contributed by atoms with Crippen molar-refractivity contribution in [2.45, 2.75) is 39.3 Å². The molecule has 0 spiro atoms. The maximum Gasteiger partial charge on any atom is 0.254 e. The van der Waals surface area contributed by atoms with Crippen molar-refractivity contribution in [1.82, 2.24) is 15.1 Å². The van der Waals surface area contributed by atoms with Gasteiger partial charge in [-0.1, -0.05) is 43.7 Å².